The van der Waals surface area contributed by atoms with E-state index in [0.717, 1.165) is 24.2 Å². The second-order valence-electron chi connectivity index (χ2n) is 8.86. The van der Waals surface area contributed by atoms with Crippen LogP contribution in [0.2, 0.25) is 0 Å². The van der Waals surface area contributed by atoms with Crippen LogP contribution in [0.15, 0.2) is 59.5 Å². The molecule has 1 aliphatic rings. The van der Waals surface area contributed by atoms with E-state index < -0.39 is 17.4 Å². The van der Waals surface area contributed by atoms with Crippen LogP contribution in [0.5, 0.6) is 0 Å². The number of methoxy groups -OCH3 is 1. The van der Waals surface area contributed by atoms with Crippen molar-refractivity contribution in [2.24, 2.45) is 11.3 Å². The smallest absolute Gasteiger partial charge is 0.324 e. The van der Waals surface area contributed by atoms with Gasteiger partial charge < -0.3 is 14.2 Å². The molecule has 0 aliphatic carbocycles. The molecule has 1 saturated heterocycles. The molecule has 0 amide bonds. The summed E-state index contributed by atoms with van der Waals surface area (Å²) in [4.78, 5) is 38.9. The first-order valence-electron chi connectivity index (χ1n) is 12.9. The average Bonchev–Trinajstić information content (AvgIpc) is 3.22. The number of thioether (sulfide) groups is 1. The van der Waals surface area contributed by atoms with Gasteiger partial charge in [-0.3, -0.25) is 14.4 Å². The zero-order valence-corrected chi connectivity index (χ0v) is 22.6. The summed E-state index contributed by atoms with van der Waals surface area (Å²) in [6, 6.07) is 9.99. The zero-order chi connectivity index (χ0) is 26.2. The molecule has 1 aliphatic heterocycles. The molecule has 0 saturated carbocycles. The molecule has 6 nitrogen and oxygen atoms in total. The van der Waals surface area contributed by atoms with Crippen molar-refractivity contribution in [1.82, 2.24) is 0 Å². The van der Waals surface area contributed by atoms with Crippen LogP contribution in [-0.4, -0.2) is 43.5 Å². The number of esters is 3. The lowest BCUT2D eigenvalue weighted by Crippen LogP contribution is -2.45. The van der Waals surface area contributed by atoms with Gasteiger partial charge in [-0.15, -0.1) is 11.8 Å². The van der Waals surface area contributed by atoms with Crippen LogP contribution in [0.3, 0.4) is 0 Å². The summed E-state index contributed by atoms with van der Waals surface area (Å²) >= 11 is 1.63. The Hall–Kier alpha value is -2.54. The van der Waals surface area contributed by atoms with E-state index in [1.165, 1.54) is 13.5 Å². The van der Waals surface area contributed by atoms with Gasteiger partial charge in [0.15, 0.2) is 5.41 Å². The number of carbonyl (C=O) groups excluding carboxylic acids is 3. The predicted molar refractivity (Wildman–Crippen MR) is 143 cm³/mol. The molecule has 7 heteroatoms. The van der Waals surface area contributed by atoms with Gasteiger partial charge in [0.2, 0.25) is 0 Å². The topological polar surface area (TPSA) is 78.9 Å². The van der Waals surface area contributed by atoms with Crippen molar-refractivity contribution in [3.63, 3.8) is 0 Å². The van der Waals surface area contributed by atoms with Crippen molar-refractivity contribution in [2.45, 2.75) is 75.4 Å². The lowest BCUT2D eigenvalue weighted by atomic mass is 9.72. The van der Waals surface area contributed by atoms with E-state index in [0.29, 0.717) is 25.9 Å². The first-order chi connectivity index (χ1) is 17.5. The summed E-state index contributed by atoms with van der Waals surface area (Å²) in [6.07, 6.45) is 14.2. The van der Waals surface area contributed by atoms with Gasteiger partial charge in [0.25, 0.3) is 0 Å². The molecular formula is C29H40O6S. The van der Waals surface area contributed by atoms with Crippen molar-refractivity contribution < 1.29 is 28.6 Å². The normalized spacial score (nSPS) is 20.5. The summed E-state index contributed by atoms with van der Waals surface area (Å²) in [5.41, 5.74) is -1.41. The number of allylic oxidation sites excluding steroid dienone is 3. The Bertz CT molecular complexity index is 881. The highest BCUT2D eigenvalue weighted by atomic mass is 32.2. The van der Waals surface area contributed by atoms with Crippen LogP contribution < -0.4 is 0 Å². The third-order valence-electron chi connectivity index (χ3n) is 6.32. The summed E-state index contributed by atoms with van der Waals surface area (Å²) in [6.45, 7) is 4.49. The van der Waals surface area contributed by atoms with Gasteiger partial charge in [0, 0.05) is 22.5 Å². The first-order valence-corrected chi connectivity index (χ1v) is 13.8. The quantitative estimate of drug-likeness (QED) is 0.0637. The van der Waals surface area contributed by atoms with E-state index in [1.807, 2.05) is 42.5 Å². The van der Waals surface area contributed by atoms with Gasteiger partial charge in [-0.25, -0.2) is 0 Å². The Labute approximate surface area is 219 Å². The SMILES string of the molecule is CCCCCC=CC(Sc1ccccc1)C1COC(=O)C1(CC=CCCCC(=O)OCC)C(=O)OC. The van der Waals surface area contributed by atoms with Crippen molar-refractivity contribution in [3.05, 3.63) is 54.6 Å². The molecular weight excluding hydrogens is 476 g/mol. The van der Waals surface area contributed by atoms with Crippen molar-refractivity contribution >= 4 is 29.7 Å². The fraction of sp³-hybridized carbons (Fsp3) is 0.552. The third kappa shape index (κ3) is 8.54. The first kappa shape index (κ1) is 29.7. The molecule has 198 valence electrons. The Morgan fingerprint density at radius 1 is 1.11 bits per heavy atom. The lowest BCUT2D eigenvalue weighted by molar-refractivity contribution is -0.164. The Morgan fingerprint density at radius 3 is 2.56 bits per heavy atom. The maximum atomic E-state index is 13.2. The number of carbonyl (C=O) groups is 3. The number of rotatable bonds is 16. The molecule has 2 rings (SSSR count). The molecule has 3 atom stereocenters. The summed E-state index contributed by atoms with van der Waals surface area (Å²) in [5.74, 6) is -1.70. The number of hydrogen-bond donors (Lipinski definition) is 0. The number of cyclic esters (lactones) is 1. The predicted octanol–water partition coefficient (Wildman–Crippen LogP) is 6.30. The fourth-order valence-electron chi connectivity index (χ4n) is 4.34. The standard InChI is InChI=1S/C29H40O6S/c1-4-6-7-8-14-19-25(36-23-17-12-11-13-18-23)24-22-35-28(32)29(24,27(31)33-3)21-16-10-9-15-20-26(30)34-5-2/h10-14,16-19,24-25H,4-9,15,20-22H2,1-3H3. The van der Waals surface area contributed by atoms with E-state index in [9.17, 15) is 14.4 Å². The largest absolute Gasteiger partial charge is 0.468 e. The van der Waals surface area contributed by atoms with Gasteiger partial charge in [0.05, 0.1) is 20.3 Å². The minimum atomic E-state index is -1.41. The molecule has 36 heavy (non-hydrogen) atoms. The monoisotopic (exact) mass is 516 g/mol. The van der Waals surface area contributed by atoms with Crippen molar-refractivity contribution in [3.8, 4) is 0 Å². The van der Waals surface area contributed by atoms with Crippen LogP contribution in [0, 0.1) is 11.3 Å². The van der Waals surface area contributed by atoms with Crippen LogP contribution in [0.1, 0.15) is 65.2 Å². The van der Waals surface area contributed by atoms with E-state index in [4.69, 9.17) is 14.2 Å². The number of hydrogen-bond acceptors (Lipinski definition) is 7. The second kappa shape index (κ2) is 16.3. The minimum Gasteiger partial charge on any atom is -0.468 e. The summed E-state index contributed by atoms with van der Waals surface area (Å²) < 4.78 is 15.6. The molecule has 1 fully saturated rings. The third-order valence-corrected chi connectivity index (χ3v) is 7.62. The molecule has 0 radical (unpaired) electrons. The molecule has 1 aromatic rings. The molecule has 0 bridgehead atoms. The van der Waals surface area contributed by atoms with Crippen molar-refractivity contribution in [1.29, 1.82) is 0 Å². The zero-order valence-electron chi connectivity index (χ0n) is 21.8. The molecule has 0 spiro atoms. The minimum absolute atomic E-state index is 0.142. The molecule has 1 heterocycles. The maximum absolute atomic E-state index is 13.2. The maximum Gasteiger partial charge on any atom is 0.324 e. The van der Waals surface area contributed by atoms with Crippen LogP contribution >= 0.6 is 11.8 Å². The highest BCUT2D eigenvalue weighted by Crippen LogP contribution is 2.47. The average molecular weight is 517 g/mol. The fourth-order valence-corrected chi connectivity index (χ4v) is 5.63. The van der Waals surface area contributed by atoms with Gasteiger partial charge in [0.1, 0.15) is 0 Å². The number of benzene rings is 1. The summed E-state index contributed by atoms with van der Waals surface area (Å²) in [7, 11) is 1.32. The molecule has 0 N–H and O–H groups in total. The van der Waals surface area contributed by atoms with Gasteiger partial charge >= 0.3 is 17.9 Å². The Kier molecular flexibility index (Phi) is 13.4. The highest BCUT2D eigenvalue weighted by molar-refractivity contribution is 8.00. The van der Waals surface area contributed by atoms with Gasteiger partial charge in [-0.1, -0.05) is 62.3 Å². The van der Waals surface area contributed by atoms with E-state index in [1.54, 1.807) is 18.7 Å². The Morgan fingerprint density at radius 2 is 1.86 bits per heavy atom. The molecule has 0 aromatic heterocycles. The number of ether oxygens (including phenoxy) is 3. The van der Waals surface area contributed by atoms with Crippen LogP contribution in [0.25, 0.3) is 0 Å². The van der Waals surface area contributed by atoms with E-state index in [-0.39, 0.29) is 30.2 Å². The van der Waals surface area contributed by atoms with Crippen molar-refractivity contribution in [2.75, 3.05) is 20.3 Å². The highest BCUT2D eigenvalue weighted by Gasteiger charge is 2.60. The van der Waals surface area contributed by atoms with E-state index >= 15 is 0 Å². The number of unbranched alkanes of at least 4 members (excludes halogenated alkanes) is 4. The van der Waals surface area contributed by atoms with Gasteiger partial charge in [-0.2, -0.15) is 0 Å². The summed E-state index contributed by atoms with van der Waals surface area (Å²) in [5, 5.41) is -0.142. The van der Waals surface area contributed by atoms with E-state index in [2.05, 4.69) is 19.1 Å². The van der Waals surface area contributed by atoms with Gasteiger partial charge in [-0.05, 0) is 51.2 Å². The second-order valence-corrected chi connectivity index (χ2v) is 10.1. The lowest BCUT2D eigenvalue weighted by Gasteiger charge is -2.31. The molecule has 1 aromatic carbocycles. The van der Waals surface area contributed by atoms with Crippen LogP contribution in [0.4, 0.5) is 0 Å². The Balaban J connectivity index is 2.23. The van der Waals surface area contributed by atoms with Crippen LogP contribution in [-0.2, 0) is 28.6 Å². The molecule has 3 unspecified atom stereocenters.